The zero-order valence-electron chi connectivity index (χ0n) is 26.5. The molecule has 1 unspecified atom stereocenters. The van der Waals surface area contributed by atoms with Gasteiger partial charge in [-0.15, -0.1) is 5.10 Å². The van der Waals surface area contributed by atoms with Crippen molar-refractivity contribution in [3.63, 3.8) is 0 Å². The van der Waals surface area contributed by atoms with E-state index in [0.717, 1.165) is 69.6 Å². The van der Waals surface area contributed by atoms with Crippen LogP contribution in [0.5, 0.6) is 0 Å². The van der Waals surface area contributed by atoms with E-state index in [-0.39, 0.29) is 12.8 Å². The fraction of sp³-hybridized carbons (Fsp3) is 0.270. The summed E-state index contributed by atoms with van der Waals surface area (Å²) in [5.41, 5.74) is 8.20. The van der Waals surface area contributed by atoms with Crippen molar-refractivity contribution in [3.05, 3.63) is 113 Å². The molecular formula is C37H39N7O2. The van der Waals surface area contributed by atoms with Gasteiger partial charge in [0.15, 0.2) is 17.7 Å². The summed E-state index contributed by atoms with van der Waals surface area (Å²) in [6.07, 6.45) is 6.61. The summed E-state index contributed by atoms with van der Waals surface area (Å²) in [7, 11) is 0. The minimum Gasteiger partial charge on any atom is -0.390 e. The third kappa shape index (κ3) is 6.66. The van der Waals surface area contributed by atoms with E-state index in [1.165, 1.54) is 0 Å². The lowest BCUT2D eigenvalue weighted by Crippen LogP contribution is -2.13. The maximum Gasteiger partial charge on any atom is 0.185 e. The molecule has 0 aliphatic heterocycles. The molecule has 1 N–H and O–H groups in total. The van der Waals surface area contributed by atoms with Gasteiger partial charge in [-0.25, -0.2) is 9.97 Å². The molecule has 0 amide bonds. The Morgan fingerprint density at radius 2 is 1.67 bits per heavy atom. The fourth-order valence-corrected chi connectivity index (χ4v) is 5.71. The Morgan fingerprint density at radius 3 is 2.41 bits per heavy atom. The van der Waals surface area contributed by atoms with E-state index in [2.05, 4.69) is 57.3 Å². The summed E-state index contributed by atoms with van der Waals surface area (Å²) in [6, 6.07) is 28.8. The number of aryl methyl sites for hydroxylation is 1. The number of hydrogen-bond donors (Lipinski definition) is 1. The van der Waals surface area contributed by atoms with Crippen LogP contribution in [-0.4, -0.2) is 46.5 Å². The Balaban J connectivity index is 1.44. The lowest BCUT2D eigenvalue weighted by atomic mass is 9.96. The summed E-state index contributed by atoms with van der Waals surface area (Å²) in [5, 5.41) is 23.1. The van der Waals surface area contributed by atoms with E-state index in [9.17, 15) is 5.11 Å². The molecule has 0 radical (unpaired) electrons. The van der Waals surface area contributed by atoms with Crippen molar-refractivity contribution < 1.29 is 9.84 Å². The highest BCUT2D eigenvalue weighted by Crippen LogP contribution is 2.33. The van der Waals surface area contributed by atoms with E-state index in [0.29, 0.717) is 24.7 Å². The molecule has 0 spiro atoms. The number of nitrogens with zero attached hydrogens (tertiary/aromatic N) is 7. The normalized spacial score (nSPS) is 12.3. The number of pyridine rings is 1. The van der Waals surface area contributed by atoms with Crippen LogP contribution in [0.3, 0.4) is 0 Å². The van der Waals surface area contributed by atoms with Gasteiger partial charge in [-0.3, -0.25) is 0 Å². The van der Waals surface area contributed by atoms with Crippen LogP contribution in [-0.2, 0) is 24.3 Å². The Labute approximate surface area is 269 Å². The second-order valence-electron chi connectivity index (χ2n) is 11.2. The molecule has 0 saturated heterocycles. The fourth-order valence-electron chi connectivity index (χ4n) is 5.71. The molecule has 9 nitrogen and oxygen atoms in total. The van der Waals surface area contributed by atoms with E-state index in [1.807, 2.05) is 80.6 Å². The van der Waals surface area contributed by atoms with Gasteiger partial charge in [-0.2, -0.15) is 4.68 Å². The van der Waals surface area contributed by atoms with Crippen LogP contribution in [0.4, 0.5) is 0 Å². The van der Waals surface area contributed by atoms with Crippen LogP contribution in [0, 0.1) is 0 Å². The molecule has 0 bridgehead atoms. The topological polar surface area (TPSA) is 104 Å². The number of rotatable bonds is 13. The smallest absolute Gasteiger partial charge is 0.185 e. The molecule has 1 atom stereocenters. The van der Waals surface area contributed by atoms with E-state index < -0.39 is 0 Å². The summed E-state index contributed by atoms with van der Waals surface area (Å²) in [5.74, 6) is 1.61. The number of ether oxygens (including phenoxy) is 1. The Kier molecular flexibility index (Phi) is 9.71. The predicted octanol–water partition coefficient (Wildman–Crippen LogP) is 7.36. The lowest BCUT2D eigenvalue weighted by molar-refractivity contribution is 0.0159. The SMILES string of the molecule is CCCCc1nc2cc(C=Cc3ccccc3)c(CO)nc2n1Cc1ccc(-c2ccccc2)c(-c2nnnn2C(C)OCC)c1. The van der Waals surface area contributed by atoms with Gasteiger partial charge < -0.3 is 14.4 Å². The van der Waals surface area contributed by atoms with Crippen molar-refractivity contribution >= 4 is 23.3 Å². The predicted molar refractivity (Wildman–Crippen MR) is 182 cm³/mol. The maximum atomic E-state index is 10.3. The van der Waals surface area contributed by atoms with Gasteiger partial charge in [0.1, 0.15) is 11.3 Å². The molecule has 3 heterocycles. The number of benzene rings is 3. The molecule has 0 aliphatic rings. The van der Waals surface area contributed by atoms with E-state index in [4.69, 9.17) is 14.7 Å². The molecule has 6 aromatic rings. The van der Waals surface area contributed by atoms with Crippen molar-refractivity contribution in [2.75, 3.05) is 6.61 Å². The monoisotopic (exact) mass is 613 g/mol. The average Bonchev–Trinajstić information content (AvgIpc) is 3.72. The zero-order valence-corrected chi connectivity index (χ0v) is 26.5. The third-order valence-corrected chi connectivity index (χ3v) is 8.07. The van der Waals surface area contributed by atoms with Crippen LogP contribution in [0.25, 0.3) is 45.8 Å². The third-order valence-electron chi connectivity index (χ3n) is 8.07. The highest BCUT2D eigenvalue weighted by Gasteiger charge is 2.21. The van der Waals surface area contributed by atoms with Crippen LogP contribution in [0.15, 0.2) is 84.9 Å². The minimum atomic E-state index is -0.327. The first-order valence-corrected chi connectivity index (χ1v) is 15.9. The summed E-state index contributed by atoms with van der Waals surface area (Å²) < 4.78 is 9.77. The van der Waals surface area contributed by atoms with Crippen LogP contribution >= 0.6 is 0 Å². The lowest BCUT2D eigenvalue weighted by Gasteiger charge is -2.17. The van der Waals surface area contributed by atoms with Gasteiger partial charge >= 0.3 is 0 Å². The van der Waals surface area contributed by atoms with Crippen molar-refractivity contribution in [1.29, 1.82) is 0 Å². The second-order valence-corrected chi connectivity index (χ2v) is 11.2. The number of aliphatic hydroxyl groups is 1. The number of aromatic nitrogens is 7. The molecule has 3 aromatic carbocycles. The number of aliphatic hydroxyl groups excluding tert-OH is 1. The van der Waals surface area contributed by atoms with Crippen molar-refractivity contribution in [2.45, 2.75) is 59.4 Å². The molecular weight excluding hydrogens is 574 g/mol. The van der Waals surface area contributed by atoms with Gasteiger partial charge in [0.25, 0.3) is 0 Å². The molecule has 3 aromatic heterocycles. The highest BCUT2D eigenvalue weighted by molar-refractivity contribution is 5.82. The summed E-state index contributed by atoms with van der Waals surface area (Å²) >= 11 is 0. The average molecular weight is 614 g/mol. The summed E-state index contributed by atoms with van der Waals surface area (Å²) in [6.45, 7) is 7.02. The largest absolute Gasteiger partial charge is 0.390 e. The van der Waals surface area contributed by atoms with Crippen LogP contribution in [0.1, 0.15) is 68.0 Å². The number of tetrazole rings is 1. The van der Waals surface area contributed by atoms with Crippen LogP contribution in [0.2, 0.25) is 0 Å². The first-order chi connectivity index (χ1) is 22.6. The Bertz CT molecular complexity index is 1930. The van der Waals surface area contributed by atoms with Crippen molar-refractivity contribution in [1.82, 2.24) is 34.7 Å². The van der Waals surface area contributed by atoms with E-state index >= 15 is 0 Å². The Hall–Kier alpha value is -4.99. The van der Waals surface area contributed by atoms with Crippen molar-refractivity contribution in [3.8, 4) is 22.5 Å². The zero-order chi connectivity index (χ0) is 31.9. The van der Waals surface area contributed by atoms with Gasteiger partial charge in [0.2, 0.25) is 0 Å². The van der Waals surface area contributed by atoms with Gasteiger partial charge in [-0.05, 0) is 65.1 Å². The summed E-state index contributed by atoms with van der Waals surface area (Å²) in [4.78, 5) is 10.0. The Morgan fingerprint density at radius 1 is 0.891 bits per heavy atom. The number of fused-ring (bicyclic) bond motifs is 1. The molecule has 46 heavy (non-hydrogen) atoms. The number of hydrogen-bond acceptors (Lipinski definition) is 7. The quantitative estimate of drug-likeness (QED) is 0.145. The standard InChI is InChI=1S/C37H39N7O2/c1-4-6-17-35-38-33-23-30(20-18-27-13-9-7-10-14-27)34(25-45)39-37(33)43(35)24-28-19-21-31(29-15-11-8-12-16-29)32(22-28)36-40-41-42-44(36)26(3)46-5-2/h7-16,18-23,26,45H,4-6,17,24-25H2,1-3H3. The number of imidazole rings is 1. The first kappa shape index (κ1) is 31.0. The van der Waals surface area contributed by atoms with E-state index in [1.54, 1.807) is 4.68 Å². The molecule has 6 rings (SSSR count). The molecule has 0 aliphatic carbocycles. The highest BCUT2D eigenvalue weighted by atomic mass is 16.5. The molecule has 0 saturated carbocycles. The molecule has 0 fully saturated rings. The minimum absolute atomic E-state index is 0.170. The maximum absolute atomic E-state index is 10.3. The molecule has 9 heteroatoms. The second kappa shape index (κ2) is 14.4. The van der Waals surface area contributed by atoms with Gasteiger partial charge in [0, 0.05) is 24.2 Å². The van der Waals surface area contributed by atoms with Gasteiger partial charge in [-0.1, -0.05) is 98.3 Å². The van der Waals surface area contributed by atoms with Gasteiger partial charge in [0.05, 0.1) is 18.8 Å². The van der Waals surface area contributed by atoms with Crippen LogP contribution < -0.4 is 0 Å². The number of unbranched alkanes of at least 4 members (excludes halogenated alkanes) is 1. The van der Waals surface area contributed by atoms with Crippen molar-refractivity contribution in [2.24, 2.45) is 0 Å². The molecule has 234 valence electrons. The first-order valence-electron chi connectivity index (χ1n) is 15.9.